The molecule has 1 spiro atoms. The lowest BCUT2D eigenvalue weighted by Gasteiger charge is -2.39. The lowest BCUT2D eigenvalue weighted by Crippen LogP contribution is -2.55. The fourth-order valence-corrected chi connectivity index (χ4v) is 5.24. The Bertz CT molecular complexity index is 1020. The summed E-state index contributed by atoms with van der Waals surface area (Å²) in [5.74, 6) is -0.339. The van der Waals surface area contributed by atoms with Crippen LogP contribution >= 0.6 is 11.3 Å². The smallest absolute Gasteiger partial charge is 0.323 e. The third kappa shape index (κ3) is 4.05. The first-order chi connectivity index (χ1) is 14.7. The molecule has 2 aromatic heterocycles. The Balaban J connectivity index is 1.46. The molecule has 9 nitrogen and oxygen atoms in total. The lowest BCUT2D eigenvalue weighted by atomic mass is 9.86. The molecule has 2 aliphatic rings. The zero-order valence-electron chi connectivity index (χ0n) is 18.1. The third-order valence-corrected chi connectivity index (χ3v) is 6.99. The van der Waals surface area contributed by atoms with Crippen molar-refractivity contribution in [2.45, 2.75) is 52.1 Å². The highest BCUT2D eigenvalue weighted by Gasteiger charge is 2.53. The molecule has 4 rings (SSSR count). The van der Waals surface area contributed by atoms with E-state index in [0.717, 1.165) is 16.3 Å². The normalized spacial score (nSPS) is 19.5. The summed E-state index contributed by atoms with van der Waals surface area (Å²) in [6, 6.07) is 3.25. The predicted octanol–water partition coefficient (Wildman–Crippen LogP) is 2.77. The molecular formula is C21H26N6O3S. The quantitative estimate of drug-likeness (QED) is 0.705. The first-order valence-electron chi connectivity index (χ1n) is 10.3. The molecule has 31 heavy (non-hydrogen) atoms. The maximum Gasteiger partial charge on any atom is 0.329 e. The Labute approximate surface area is 184 Å². The molecule has 0 saturated carbocycles. The minimum Gasteiger partial charge on any atom is -0.323 e. The Hall–Kier alpha value is -2.85. The van der Waals surface area contributed by atoms with Crippen molar-refractivity contribution in [3.8, 4) is 0 Å². The molecule has 2 fully saturated rings. The van der Waals surface area contributed by atoms with Gasteiger partial charge in [0.1, 0.15) is 5.54 Å². The van der Waals surface area contributed by atoms with Crippen molar-refractivity contribution in [2.75, 3.05) is 23.3 Å². The number of nitrogens with zero attached hydrogens (tertiary/aromatic N) is 4. The molecule has 2 aliphatic heterocycles. The van der Waals surface area contributed by atoms with Gasteiger partial charge in [-0.05, 0) is 45.7 Å². The number of urea groups is 1. The van der Waals surface area contributed by atoms with E-state index in [1.54, 1.807) is 18.3 Å². The van der Waals surface area contributed by atoms with Crippen LogP contribution in [0.5, 0.6) is 0 Å². The summed E-state index contributed by atoms with van der Waals surface area (Å²) in [5, 5.41) is 6.26. The van der Waals surface area contributed by atoms with Crippen LogP contribution in [0.3, 0.4) is 0 Å². The summed E-state index contributed by atoms with van der Waals surface area (Å²) in [6.45, 7) is 8.58. The van der Waals surface area contributed by atoms with Crippen LogP contribution in [0.1, 0.15) is 49.0 Å². The minimum atomic E-state index is -0.868. The number of piperidine rings is 1. The number of imide groups is 1. The maximum absolute atomic E-state index is 13.3. The zero-order chi connectivity index (χ0) is 22.3. The standard InChI is InChI=1S/C21H26N6O3S/c1-12-9-16(10-13(2)23-12)27-18(29)21(25-20(27)30)5-7-26(8-6-21)14(3)17-11-22-19(31-17)24-15(4)28/h9-11,14H,5-8H2,1-4H3,(H,25,30)(H,22,24,28)/t14-/m0/s1. The number of carbonyl (C=O) groups excluding carboxylic acids is 3. The molecule has 4 heterocycles. The molecule has 2 saturated heterocycles. The van der Waals surface area contributed by atoms with Crippen molar-refractivity contribution in [1.29, 1.82) is 0 Å². The second-order valence-electron chi connectivity index (χ2n) is 8.22. The van der Waals surface area contributed by atoms with Gasteiger partial charge in [-0.3, -0.25) is 19.5 Å². The number of hydrogen-bond donors (Lipinski definition) is 2. The number of aromatic nitrogens is 2. The van der Waals surface area contributed by atoms with Gasteiger partial charge in [0.25, 0.3) is 5.91 Å². The van der Waals surface area contributed by atoms with Crippen LogP contribution in [0.15, 0.2) is 18.3 Å². The fourth-order valence-electron chi connectivity index (χ4n) is 4.30. The van der Waals surface area contributed by atoms with Crippen molar-refractivity contribution in [2.24, 2.45) is 0 Å². The summed E-state index contributed by atoms with van der Waals surface area (Å²) in [6.07, 6.45) is 2.86. The Morgan fingerprint density at radius 1 is 1.23 bits per heavy atom. The van der Waals surface area contributed by atoms with Crippen LogP contribution in [0.25, 0.3) is 0 Å². The first-order valence-corrected chi connectivity index (χ1v) is 11.1. The van der Waals surface area contributed by atoms with E-state index in [4.69, 9.17) is 0 Å². The average Bonchev–Trinajstić information content (AvgIpc) is 3.23. The number of aryl methyl sites for hydroxylation is 2. The van der Waals surface area contributed by atoms with Crippen LogP contribution < -0.4 is 15.5 Å². The molecule has 0 radical (unpaired) electrons. The number of nitrogens with one attached hydrogen (secondary N) is 2. The van der Waals surface area contributed by atoms with Gasteiger partial charge >= 0.3 is 6.03 Å². The summed E-state index contributed by atoms with van der Waals surface area (Å²) in [5.41, 5.74) is 1.23. The van der Waals surface area contributed by atoms with E-state index in [2.05, 4.69) is 32.4 Å². The highest BCUT2D eigenvalue weighted by atomic mass is 32.1. The van der Waals surface area contributed by atoms with Crippen molar-refractivity contribution in [3.63, 3.8) is 0 Å². The average molecular weight is 443 g/mol. The summed E-state index contributed by atoms with van der Waals surface area (Å²) in [7, 11) is 0. The first kappa shape index (κ1) is 21.4. The molecule has 164 valence electrons. The number of amides is 4. The lowest BCUT2D eigenvalue weighted by molar-refractivity contribution is -0.124. The molecule has 0 unspecified atom stereocenters. The highest BCUT2D eigenvalue weighted by molar-refractivity contribution is 7.15. The molecule has 2 N–H and O–H groups in total. The van der Waals surface area contributed by atoms with Gasteiger partial charge in [-0.15, -0.1) is 11.3 Å². The van der Waals surface area contributed by atoms with Gasteiger partial charge in [0.15, 0.2) is 5.13 Å². The molecule has 2 aromatic rings. The fraction of sp³-hybridized carbons (Fsp3) is 0.476. The van der Waals surface area contributed by atoms with Crippen LogP contribution in [0.4, 0.5) is 15.6 Å². The van der Waals surface area contributed by atoms with E-state index in [1.165, 1.54) is 23.2 Å². The summed E-state index contributed by atoms with van der Waals surface area (Å²) in [4.78, 5) is 50.5. The number of hydrogen-bond acceptors (Lipinski definition) is 7. The largest absolute Gasteiger partial charge is 0.329 e. The molecule has 0 bridgehead atoms. The Morgan fingerprint density at radius 3 is 2.48 bits per heavy atom. The van der Waals surface area contributed by atoms with Gasteiger partial charge in [-0.2, -0.15) is 0 Å². The van der Waals surface area contributed by atoms with E-state index in [1.807, 2.05) is 13.8 Å². The van der Waals surface area contributed by atoms with Gasteiger partial charge in [0.05, 0.1) is 5.69 Å². The molecular weight excluding hydrogens is 416 g/mol. The summed E-state index contributed by atoms with van der Waals surface area (Å²) >= 11 is 1.45. The molecule has 1 atom stereocenters. The van der Waals surface area contributed by atoms with E-state index < -0.39 is 5.54 Å². The van der Waals surface area contributed by atoms with E-state index in [-0.39, 0.29) is 23.9 Å². The van der Waals surface area contributed by atoms with E-state index in [9.17, 15) is 14.4 Å². The van der Waals surface area contributed by atoms with E-state index in [0.29, 0.717) is 36.8 Å². The SMILES string of the molecule is CC(=O)Nc1ncc([C@H](C)N2CCC3(CC2)NC(=O)N(c2cc(C)nc(C)c2)C3=O)s1. The topological polar surface area (TPSA) is 108 Å². The zero-order valence-corrected chi connectivity index (χ0v) is 18.9. The van der Waals surface area contributed by atoms with Crippen molar-refractivity contribution >= 4 is 40.0 Å². The van der Waals surface area contributed by atoms with Gasteiger partial charge in [0.2, 0.25) is 5.91 Å². The van der Waals surface area contributed by atoms with Gasteiger partial charge in [0, 0.05) is 48.5 Å². The second kappa shape index (κ2) is 8.01. The molecule has 0 aromatic carbocycles. The van der Waals surface area contributed by atoms with Crippen LogP contribution in [0.2, 0.25) is 0 Å². The van der Waals surface area contributed by atoms with Gasteiger partial charge < -0.3 is 10.6 Å². The van der Waals surface area contributed by atoms with Crippen molar-refractivity contribution in [3.05, 3.63) is 34.6 Å². The highest BCUT2D eigenvalue weighted by Crippen LogP contribution is 2.36. The van der Waals surface area contributed by atoms with Gasteiger partial charge in [-0.1, -0.05) is 0 Å². The Morgan fingerprint density at radius 2 is 1.87 bits per heavy atom. The van der Waals surface area contributed by atoms with Gasteiger partial charge in [-0.25, -0.2) is 14.7 Å². The third-order valence-electron chi connectivity index (χ3n) is 5.90. The summed E-state index contributed by atoms with van der Waals surface area (Å²) < 4.78 is 0. The van der Waals surface area contributed by atoms with Crippen LogP contribution in [-0.2, 0) is 9.59 Å². The predicted molar refractivity (Wildman–Crippen MR) is 118 cm³/mol. The second-order valence-corrected chi connectivity index (χ2v) is 9.28. The number of anilines is 2. The van der Waals surface area contributed by atoms with Crippen LogP contribution in [0, 0.1) is 13.8 Å². The minimum absolute atomic E-state index is 0.103. The number of rotatable bonds is 4. The monoisotopic (exact) mass is 442 g/mol. The number of carbonyl (C=O) groups is 3. The molecule has 10 heteroatoms. The number of thiazole rings is 1. The molecule has 4 amide bonds. The van der Waals surface area contributed by atoms with Crippen molar-refractivity contribution < 1.29 is 14.4 Å². The Kier molecular flexibility index (Phi) is 5.52. The van der Waals surface area contributed by atoms with Crippen molar-refractivity contribution in [1.82, 2.24) is 20.2 Å². The number of pyridine rings is 1. The van der Waals surface area contributed by atoms with E-state index >= 15 is 0 Å². The maximum atomic E-state index is 13.3. The van der Waals surface area contributed by atoms with Crippen LogP contribution in [-0.4, -0.2) is 51.3 Å². The molecule has 0 aliphatic carbocycles. The number of likely N-dealkylation sites (tertiary alicyclic amines) is 1.